The number of hydrogen-bond acceptors (Lipinski definition) is 0. The fourth-order valence-electron chi connectivity index (χ4n) is 3.50. The van der Waals surface area contributed by atoms with E-state index in [1.807, 2.05) is 13.0 Å². The van der Waals surface area contributed by atoms with Gasteiger partial charge in [-0.05, 0) is 59.3 Å². The summed E-state index contributed by atoms with van der Waals surface area (Å²) in [6.07, 6.45) is 1.73. The van der Waals surface area contributed by atoms with Crippen molar-refractivity contribution in [1.29, 1.82) is 0 Å². The maximum absolute atomic E-state index is 14.7. The lowest BCUT2D eigenvalue weighted by Gasteiger charge is -2.07. The van der Waals surface area contributed by atoms with Crippen molar-refractivity contribution >= 4 is 10.8 Å². The minimum atomic E-state index is -0.926. The van der Waals surface area contributed by atoms with Crippen LogP contribution in [0.1, 0.15) is 30.0 Å². The number of fused-ring (bicyclic) bond motifs is 1. The normalized spacial score (nSPS) is 10.7. The number of rotatable bonds is 3. The van der Waals surface area contributed by atoms with Crippen LogP contribution in [0.4, 0.5) is 17.6 Å². The monoisotopic (exact) mass is 418 g/mol. The molecule has 0 fully saturated rings. The maximum Gasteiger partial charge on any atom is 0.166 e. The van der Waals surface area contributed by atoms with Crippen molar-refractivity contribution in [3.05, 3.63) is 107 Å². The van der Waals surface area contributed by atoms with Gasteiger partial charge in [0.1, 0.15) is 11.6 Å². The van der Waals surface area contributed by atoms with Gasteiger partial charge in [0, 0.05) is 16.5 Å². The predicted molar refractivity (Wildman–Crippen MR) is 116 cm³/mol. The molecule has 0 aromatic heterocycles. The molecule has 0 bridgehead atoms. The van der Waals surface area contributed by atoms with Gasteiger partial charge in [0.05, 0.1) is 5.56 Å². The maximum atomic E-state index is 14.7. The molecular formula is C27H18F4. The molecule has 0 saturated heterocycles. The predicted octanol–water partition coefficient (Wildman–Crippen LogP) is 7.42. The fraction of sp³-hybridized carbons (Fsp3) is 0.111. The van der Waals surface area contributed by atoms with Gasteiger partial charge in [-0.15, -0.1) is 0 Å². The SMILES string of the molecule is CCCc1ccc(C#Cc2ccc(-c3ccc4c(F)c(F)ccc4c3)c(F)c2)c(F)c1. The second-order valence-corrected chi connectivity index (χ2v) is 7.31. The number of benzene rings is 4. The molecule has 0 radical (unpaired) electrons. The second kappa shape index (κ2) is 8.65. The molecule has 4 aromatic carbocycles. The quantitative estimate of drug-likeness (QED) is 0.240. The molecule has 4 heteroatoms. The Morgan fingerprint density at radius 1 is 0.710 bits per heavy atom. The third kappa shape index (κ3) is 4.32. The van der Waals surface area contributed by atoms with Gasteiger partial charge in [-0.3, -0.25) is 0 Å². The first-order chi connectivity index (χ1) is 15.0. The first-order valence-electron chi connectivity index (χ1n) is 9.94. The molecule has 0 spiro atoms. The Balaban J connectivity index is 1.63. The second-order valence-electron chi connectivity index (χ2n) is 7.31. The lowest BCUT2D eigenvalue weighted by Crippen LogP contribution is -1.90. The van der Waals surface area contributed by atoms with Crippen LogP contribution in [-0.4, -0.2) is 0 Å². The minimum absolute atomic E-state index is 0.138. The van der Waals surface area contributed by atoms with E-state index in [0.29, 0.717) is 22.1 Å². The highest BCUT2D eigenvalue weighted by Gasteiger charge is 2.10. The molecule has 0 unspecified atom stereocenters. The van der Waals surface area contributed by atoms with Crippen molar-refractivity contribution in [3.8, 4) is 23.0 Å². The van der Waals surface area contributed by atoms with Crippen molar-refractivity contribution in [1.82, 2.24) is 0 Å². The van der Waals surface area contributed by atoms with Gasteiger partial charge in [0.2, 0.25) is 0 Å². The van der Waals surface area contributed by atoms with Gasteiger partial charge in [0.25, 0.3) is 0 Å². The lowest BCUT2D eigenvalue weighted by atomic mass is 9.99. The molecule has 0 amide bonds. The van der Waals surface area contributed by atoms with Crippen LogP contribution in [0.25, 0.3) is 21.9 Å². The summed E-state index contributed by atoms with van der Waals surface area (Å²) in [7, 11) is 0. The van der Waals surface area contributed by atoms with E-state index >= 15 is 0 Å². The minimum Gasteiger partial charge on any atom is -0.206 e. The number of halogens is 4. The van der Waals surface area contributed by atoms with E-state index in [4.69, 9.17) is 0 Å². The van der Waals surface area contributed by atoms with E-state index < -0.39 is 23.3 Å². The van der Waals surface area contributed by atoms with Gasteiger partial charge in [0.15, 0.2) is 11.6 Å². The van der Waals surface area contributed by atoms with E-state index in [0.717, 1.165) is 24.5 Å². The Bertz CT molecular complexity index is 1340. The summed E-state index contributed by atoms with van der Waals surface area (Å²) in [5.41, 5.74) is 2.43. The summed E-state index contributed by atoms with van der Waals surface area (Å²) >= 11 is 0. The van der Waals surface area contributed by atoms with Gasteiger partial charge in [-0.25, -0.2) is 17.6 Å². The first-order valence-corrected chi connectivity index (χ1v) is 9.94. The van der Waals surface area contributed by atoms with Gasteiger partial charge in [-0.1, -0.05) is 55.5 Å². The van der Waals surface area contributed by atoms with Crippen molar-refractivity contribution < 1.29 is 17.6 Å². The molecule has 0 aliphatic heterocycles. The Hall–Kier alpha value is -3.58. The molecule has 4 aromatic rings. The summed E-state index contributed by atoms with van der Waals surface area (Å²) in [4.78, 5) is 0. The Labute approximate surface area is 178 Å². The van der Waals surface area contributed by atoms with Gasteiger partial charge in [-0.2, -0.15) is 0 Å². The van der Waals surface area contributed by atoms with Crippen LogP contribution in [0.15, 0.2) is 66.7 Å². The Morgan fingerprint density at radius 3 is 2.29 bits per heavy atom. The van der Waals surface area contributed by atoms with Crippen molar-refractivity contribution in [3.63, 3.8) is 0 Å². The van der Waals surface area contributed by atoms with Crippen molar-refractivity contribution in [2.24, 2.45) is 0 Å². The highest BCUT2D eigenvalue weighted by atomic mass is 19.2. The van der Waals surface area contributed by atoms with E-state index in [1.54, 1.807) is 30.3 Å². The highest BCUT2D eigenvalue weighted by Crippen LogP contribution is 2.29. The Morgan fingerprint density at radius 2 is 1.55 bits per heavy atom. The average molecular weight is 418 g/mol. The van der Waals surface area contributed by atoms with E-state index in [1.165, 1.54) is 24.3 Å². The van der Waals surface area contributed by atoms with Gasteiger partial charge >= 0.3 is 0 Å². The molecule has 0 saturated carbocycles. The topological polar surface area (TPSA) is 0 Å². The first kappa shape index (κ1) is 20.7. The molecule has 0 N–H and O–H groups in total. The fourth-order valence-corrected chi connectivity index (χ4v) is 3.50. The third-order valence-electron chi connectivity index (χ3n) is 5.10. The summed E-state index contributed by atoms with van der Waals surface area (Å²) in [6.45, 7) is 2.03. The number of aryl methyl sites for hydroxylation is 1. The summed E-state index contributed by atoms with van der Waals surface area (Å²) in [6, 6.07) is 16.5. The van der Waals surface area contributed by atoms with Crippen LogP contribution in [0.5, 0.6) is 0 Å². The lowest BCUT2D eigenvalue weighted by molar-refractivity contribution is 0.517. The molecule has 0 aliphatic carbocycles. The molecule has 0 aliphatic rings. The van der Waals surface area contributed by atoms with Crippen LogP contribution in [0.3, 0.4) is 0 Å². The summed E-state index contributed by atoms with van der Waals surface area (Å²) in [5.74, 6) is 2.80. The van der Waals surface area contributed by atoms with E-state index in [2.05, 4.69) is 11.8 Å². The zero-order chi connectivity index (χ0) is 22.0. The molecule has 4 rings (SSSR count). The van der Waals surface area contributed by atoms with Crippen LogP contribution in [0.2, 0.25) is 0 Å². The van der Waals surface area contributed by atoms with Crippen LogP contribution >= 0.6 is 0 Å². The molecule has 0 heterocycles. The smallest absolute Gasteiger partial charge is 0.166 e. The van der Waals surface area contributed by atoms with E-state index in [-0.39, 0.29) is 10.9 Å². The van der Waals surface area contributed by atoms with Crippen LogP contribution in [-0.2, 0) is 6.42 Å². The number of hydrogen-bond donors (Lipinski definition) is 0. The third-order valence-corrected chi connectivity index (χ3v) is 5.10. The van der Waals surface area contributed by atoms with Crippen LogP contribution < -0.4 is 0 Å². The van der Waals surface area contributed by atoms with Crippen molar-refractivity contribution in [2.75, 3.05) is 0 Å². The van der Waals surface area contributed by atoms with E-state index in [9.17, 15) is 17.6 Å². The standard InChI is InChI=1S/C27H18F4/c1-2-3-17-4-7-19(25(29)14-17)8-5-18-6-11-22(26(30)15-18)20-9-12-23-21(16-20)10-13-24(28)27(23)31/h4,6-7,9-16H,2-3H2,1H3. The zero-order valence-electron chi connectivity index (χ0n) is 16.8. The van der Waals surface area contributed by atoms with Gasteiger partial charge < -0.3 is 0 Å². The average Bonchev–Trinajstić information content (AvgIpc) is 2.76. The zero-order valence-corrected chi connectivity index (χ0v) is 16.8. The Kier molecular flexibility index (Phi) is 5.77. The van der Waals surface area contributed by atoms with Crippen molar-refractivity contribution in [2.45, 2.75) is 19.8 Å². The summed E-state index contributed by atoms with van der Waals surface area (Å²) in [5, 5.41) is 0.611. The highest BCUT2D eigenvalue weighted by molar-refractivity contribution is 5.88. The summed E-state index contributed by atoms with van der Waals surface area (Å²) < 4.78 is 56.2. The molecule has 0 nitrogen and oxygen atoms in total. The van der Waals surface area contributed by atoms with Crippen LogP contribution in [0, 0.1) is 35.1 Å². The molecule has 31 heavy (non-hydrogen) atoms. The molecule has 0 atom stereocenters. The largest absolute Gasteiger partial charge is 0.206 e. The molecule has 154 valence electrons. The molecular weight excluding hydrogens is 400 g/mol.